The second-order valence-electron chi connectivity index (χ2n) is 4.62. The van der Waals surface area contributed by atoms with E-state index in [0.717, 1.165) is 4.90 Å². The van der Waals surface area contributed by atoms with E-state index in [-0.39, 0.29) is 19.7 Å². The number of β-amino-alcohol motifs (C(OH)–C–C–N with tert-alkyl or cyclic N) is 1. The lowest BCUT2D eigenvalue weighted by Gasteiger charge is -2.34. The number of nitrogens with zero attached hydrogens (tertiary/aromatic N) is 3. The zero-order valence-electron chi connectivity index (χ0n) is 11.7. The molecule has 1 fully saturated rings. The number of rotatable bonds is 4. The van der Waals surface area contributed by atoms with Crippen molar-refractivity contribution in [2.24, 2.45) is 5.73 Å². The molecule has 1 saturated heterocycles. The topological polar surface area (TPSA) is 107 Å². The molecule has 0 atom stereocenters. The molecule has 0 aliphatic carbocycles. The van der Waals surface area contributed by atoms with Gasteiger partial charge in [0, 0.05) is 52.7 Å². The minimum Gasteiger partial charge on any atom is -0.395 e. The molecule has 0 aromatic rings. The Morgan fingerprint density at radius 3 is 2.25 bits per heavy atom. The van der Waals surface area contributed by atoms with E-state index >= 15 is 0 Å². The molecule has 1 aliphatic heterocycles. The summed E-state index contributed by atoms with van der Waals surface area (Å²) in [6.45, 7) is 4.09. The second kappa shape index (κ2) is 7.93. The molecule has 0 aromatic carbocycles. The molecule has 0 saturated carbocycles. The van der Waals surface area contributed by atoms with Crippen LogP contribution in [0.4, 0.5) is 0 Å². The summed E-state index contributed by atoms with van der Waals surface area (Å²) >= 11 is 0. The third kappa shape index (κ3) is 4.26. The monoisotopic (exact) mass is 286 g/mol. The van der Waals surface area contributed by atoms with E-state index < -0.39 is 17.7 Å². The minimum atomic E-state index is -0.821. The van der Waals surface area contributed by atoms with Gasteiger partial charge in [0.2, 0.25) is 5.91 Å². The normalized spacial score (nSPS) is 16.1. The van der Waals surface area contributed by atoms with E-state index in [1.54, 1.807) is 0 Å². The lowest BCUT2D eigenvalue weighted by atomic mass is 10.3. The van der Waals surface area contributed by atoms with Gasteiger partial charge in [-0.3, -0.25) is 24.2 Å². The standard InChI is InChI=1S/C12H22N4O4/c1-10(18)16(3-2-13)12(20)11(19)15-6-4-14(5-7-15)8-9-17/h17H,2-9,13H2,1H3. The summed E-state index contributed by atoms with van der Waals surface area (Å²) < 4.78 is 0. The average Bonchev–Trinajstić information content (AvgIpc) is 2.44. The number of aliphatic hydroxyl groups excluding tert-OH is 1. The van der Waals surface area contributed by atoms with Crippen molar-refractivity contribution in [3.63, 3.8) is 0 Å². The maximum absolute atomic E-state index is 12.1. The Balaban J connectivity index is 2.57. The smallest absolute Gasteiger partial charge is 0.318 e. The van der Waals surface area contributed by atoms with E-state index in [1.165, 1.54) is 11.8 Å². The summed E-state index contributed by atoms with van der Waals surface area (Å²) in [6.07, 6.45) is 0. The van der Waals surface area contributed by atoms with Gasteiger partial charge in [-0.15, -0.1) is 0 Å². The Morgan fingerprint density at radius 2 is 1.80 bits per heavy atom. The van der Waals surface area contributed by atoms with Gasteiger partial charge in [0.15, 0.2) is 0 Å². The Kier molecular flexibility index (Phi) is 6.56. The highest BCUT2D eigenvalue weighted by Crippen LogP contribution is 2.04. The van der Waals surface area contributed by atoms with Crippen LogP contribution in [0.15, 0.2) is 0 Å². The zero-order chi connectivity index (χ0) is 15.1. The highest BCUT2D eigenvalue weighted by molar-refractivity contribution is 6.37. The molecule has 1 rings (SSSR count). The molecule has 0 bridgehead atoms. The van der Waals surface area contributed by atoms with Crippen molar-refractivity contribution < 1.29 is 19.5 Å². The van der Waals surface area contributed by atoms with Gasteiger partial charge in [-0.2, -0.15) is 0 Å². The van der Waals surface area contributed by atoms with Gasteiger partial charge < -0.3 is 15.7 Å². The Bertz CT molecular complexity index is 366. The van der Waals surface area contributed by atoms with Crippen LogP contribution in [-0.2, 0) is 14.4 Å². The van der Waals surface area contributed by atoms with Crippen LogP contribution in [-0.4, -0.2) is 89.9 Å². The number of hydrogen-bond acceptors (Lipinski definition) is 6. The molecule has 114 valence electrons. The molecule has 0 aromatic heterocycles. The van der Waals surface area contributed by atoms with Gasteiger partial charge in [-0.05, 0) is 0 Å². The van der Waals surface area contributed by atoms with Crippen LogP contribution in [0, 0.1) is 0 Å². The number of imide groups is 1. The largest absolute Gasteiger partial charge is 0.395 e. The van der Waals surface area contributed by atoms with Crippen molar-refractivity contribution in [1.29, 1.82) is 0 Å². The molecular weight excluding hydrogens is 264 g/mol. The lowest BCUT2D eigenvalue weighted by Crippen LogP contribution is -2.54. The van der Waals surface area contributed by atoms with Crippen molar-refractivity contribution in [2.75, 3.05) is 52.4 Å². The molecule has 8 nitrogen and oxygen atoms in total. The Hall–Kier alpha value is -1.51. The fourth-order valence-electron chi connectivity index (χ4n) is 2.10. The molecule has 3 amide bonds. The second-order valence-corrected chi connectivity index (χ2v) is 4.62. The molecule has 1 heterocycles. The van der Waals surface area contributed by atoms with Crippen molar-refractivity contribution >= 4 is 17.7 Å². The van der Waals surface area contributed by atoms with E-state index in [0.29, 0.717) is 32.7 Å². The van der Waals surface area contributed by atoms with Crippen LogP contribution in [0.1, 0.15) is 6.92 Å². The molecule has 8 heteroatoms. The predicted molar refractivity (Wildman–Crippen MR) is 71.6 cm³/mol. The fourth-order valence-corrected chi connectivity index (χ4v) is 2.10. The predicted octanol–water partition coefficient (Wildman–Crippen LogP) is -2.54. The van der Waals surface area contributed by atoms with Crippen LogP contribution in [0.25, 0.3) is 0 Å². The fraction of sp³-hybridized carbons (Fsp3) is 0.750. The first-order valence-corrected chi connectivity index (χ1v) is 6.66. The maximum atomic E-state index is 12.1. The molecule has 0 radical (unpaired) electrons. The molecule has 3 N–H and O–H groups in total. The SMILES string of the molecule is CC(=O)N(CCN)C(=O)C(=O)N1CCN(CCO)CC1. The maximum Gasteiger partial charge on any atom is 0.318 e. The Morgan fingerprint density at radius 1 is 1.20 bits per heavy atom. The van der Waals surface area contributed by atoms with Crippen molar-refractivity contribution in [2.45, 2.75) is 6.92 Å². The first-order chi connectivity index (χ1) is 9.51. The van der Waals surface area contributed by atoms with Crippen LogP contribution in [0.5, 0.6) is 0 Å². The van der Waals surface area contributed by atoms with E-state index in [4.69, 9.17) is 10.8 Å². The quantitative estimate of drug-likeness (QED) is 0.551. The summed E-state index contributed by atoms with van der Waals surface area (Å²) in [4.78, 5) is 39.7. The highest BCUT2D eigenvalue weighted by atomic mass is 16.3. The first-order valence-electron chi connectivity index (χ1n) is 6.66. The number of piperazine rings is 1. The molecule has 0 spiro atoms. The van der Waals surface area contributed by atoms with Gasteiger partial charge >= 0.3 is 11.8 Å². The van der Waals surface area contributed by atoms with Crippen molar-refractivity contribution in [3.8, 4) is 0 Å². The van der Waals surface area contributed by atoms with Crippen molar-refractivity contribution in [3.05, 3.63) is 0 Å². The van der Waals surface area contributed by atoms with Crippen LogP contribution < -0.4 is 5.73 Å². The number of carbonyl (C=O) groups is 3. The van der Waals surface area contributed by atoms with Gasteiger partial charge in [0.25, 0.3) is 0 Å². The van der Waals surface area contributed by atoms with Gasteiger partial charge in [0.05, 0.1) is 6.61 Å². The average molecular weight is 286 g/mol. The molecule has 0 unspecified atom stereocenters. The van der Waals surface area contributed by atoms with Crippen molar-refractivity contribution in [1.82, 2.24) is 14.7 Å². The third-order valence-electron chi connectivity index (χ3n) is 3.24. The number of amides is 3. The van der Waals surface area contributed by atoms with Crippen LogP contribution >= 0.6 is 0 Å². The third-order valence-corrected chi connectivity index (χ3v) is 3.24. The summed E-state index contributed by atoms with van der Waals surface area (Å²) in [7, 11) is 0. The summed E-state index contributed by atoms with van der Waals surface area (Å²) in [6, 6.07) is 0. The van der Waals surface area contributed by atoms with E-state index in [1.807, 2.05) is 4.90 Å². The van der Waals surface area contributed by atoms with Gasteiger partial charge in [0.1, 0.15) is 0 Å². The number of nitrogens with two attached hydrogens (primary N) is 1. The first kappa shape index (κ1) is 16.5. The number of aliphatic hydroxyl groups is 1. The number of hydrogen-bond donors (Lipinski definition) is 2. The summed E-state index contributed by atoms with van der Waals surface area (Å²) in [5.41, 5.74) is 5.33. The van der Waals surface area contributed by atoms with Gasteiger partial charge in [-0.25, -0.2) is 0 Å². The lowest BCUT2D eigenvalue weighted by molar-refractivity contribution is -0.157. The Labute approximate surface area is 118 Å². The number of carbonyl (C=O) groups excluding carboxylic acids is 3. The molecule has 1 aliphatic rings. The minimum absolute atomic E-state index is 0.0460. The molecule has 20 heavy (non-hydrogen) atoms. The van der Waals surface area contributed by atoms with E-state index in [2.05, 4.69) is 0 Å². The summed E-state index contributed by atoms with van der Waals surface area (Å²) in [5.74, 6) is -1.97. The molecular formula is C12H22N4O4. The van der Waals surface area contributed by atoms with Gasteiger partial charge in [-0.1, -0.05) is 0 Å². The van der Waals surface area contributed by atoms with E-state index in [9.17, 15) is 14.4 Å². The summed E-state index contributed by atoms with van der Waals surface area (Å²) in [5, 5.41) is 8.84. The highest BCUT2D eigenvalue weighted by Gasteiger charge is 2.30. The van der Waals surface area contributed by atoms with Crippen LogP contribution in [0.2, 0.25) is 0 Å². The zero-order valence-corrected chi connectivity index (χ0v) is 11.7. The van der Waals surface area contributed by atoms with Crippen LogP contribution in [0.3, 0.4) is 0 Å².